The molecule has 0 unspecified atom stereocenters. The molecule has 0 spiro atoms. The van der Waals surface area contributed by atoms with Gasteiger partial charge in [0.1, 0.15) is 0 Å². The summed E-state index contributed by atoms with van der Waals surface area (Å²) in [4.78, 5) is 0. The van der Waals surface area contributed by atoms with E-state index in [-0.39, 0.29) is 0 Å². The van der Waals surface area contributed by atoms with Gasteiger partial charge in [0, 0.05) is 0 Å². The Labute approximate surface area is 138 Å². The highest BCUT2D eigenvalue weighted by Gasteiger charge is 2.49. The highest BCUT2D eigenvalue weighted by Crippen LogP contribution is 2.56. The van der Waals surface area contributed by atoms with Crippen molar-refractivity contribution >= 4 is 46.4 Å². The summed E-state index contributed by atoms with van der Waals surface area (Å²) < 4.78 is -2.84. The minimum Gasteiger partial charge on any atom is -0.0925 e. The van der Waals surface area contributed by atoms with Gasteiger partial charge in [-0.1, -0.05) is 94.9 Å². The van der Waals surface area contributed by atoms with Crippen LogP contribution in [0.2, 0.25) is 0 Å². The predicted molar refractivity (Wildman–Crippen MR) is 87.1 cm³/mol. The van der Waals surface area contributed by atoms with Gasteiger partial charge in [-0.2, -0.15) is 0 Å². The first-order valence-corrected chi connectivity index (χ1v) is 7.87. The number of benzene rings is 2. The molecule has 0 nitrogen and oxygen atoms in total. The van der Waals surface area contributed by atoms with Crippen LogP contribution in [0.3, 0.4) is 0 Å². The fraction of sp³-hybridized carbons (Fsp3) is 0.250. The van der Waals surface area contributed by atoms with E-state index in [1.54, 1.807) is 0 Å². The lowest BCUT2D eigenvalue weighted by Gasteiger charge is -2.34. The SMILES string of the molecule is ClC1(Cl)c2ccc(cc2)CCc2ccc(cc2)C1(Cl)Cl. The highest BCUT2D eigenvalue weighted by atomic mass is 35.5. The molecule has 2 aromatic carbocycles. The van der Waals surface area contributed by atoms with Crippen LogP contribution in [0.15, 0.2) is 48.5 Å². The Morgan fingerprint density at radius 2 is 0.850 bits per heavy atom. The van der Waals surface area contributed by atoms with E-state index < -0.39 is 8.67 Å². The molecule has 6 rings (SSSR count). The van der Waals surface area contributed by atoms with Crippen LogP contribution in [0.25, 0.3) is 0 Å². The first kappa shape index (κ1) is 14.5. The molecule has 4 aliphatic carbocycles. The molecule has 104 valence electrons. The predicted octanol–water partition coefficient (Wildman–Crippen LogP) is 5.75. The van der Waals surface area contributed by atoms with Crippen molar-refractivity contribution in [3.63, 3.8) is 0 Å². The van der Waals surface area contributed by atoms with Gasteiger partial charge in [0.05, 0.1) is 0 Å². The maximum absolute atomic E-state index is 6.50. The van der Waals surface area contributed by atoms with Crippen molar-refractivity contribution in [2.75, 3.05) is 0 Å². The molecule has 0 N–H and O–H groups in total. The summed E-state index contributed by atoms with van der Waals surface area (Å²) in [6.07, 6.45) is 1.95. The summed E-state index contributed by atoms with van der Waals surface area (Å²) in [6, 6.07) is 15.6. The van der Waals surface area contributed by atoms with Crippen LogP contribution in [0.4, 0.5) is 0 Å². The molecule has 4 aliphatic rings. The van der Waals surface area contributed by atoms with Gasteiger partial charge in [-0.3, -0.25) is 0 Å². The van der Waals surface area contributed by atoms with Crippen LogP contribution in [0.5, 0.6) is 0 Å². The molecular weight excluding hydrogens is 334 g/mol. The fourth-order valence-electron chi connectivity index (χ4n) is 2.41. The van der Waals surface area contributed by atoms with Gasteiger partial charge in [0.2, 0.25) is 0 Å². The Balaban J connectivity index is 2.21. The zero-order valence-electron chi connectivity index (χ0n) is 10.5. The Kier molecular flexibility index (Phi) is 3.71. The summed E-state index contributed by atoms with van der Waals surface area (Å²) in [5.74, 6) is 0. The second-order valence-corrected chi connectivity index (χ2v) is 7.70. The average molecular weight is 346 g/mol. The molecule has 0 heterocycles. The van der Waals surface area contributed by atoms with E-state index in [9.17, 15) is 0 Å². The van der Waals surface area contributed by atoms with Gasteiger partial charge in [0.15, 0.2) is 8.67 Å². The first-order chi connectivity index (χ1) is 9.41. The summed E-state index contributed by atoms with van der Waals surface area (Å²) in [5, 5.41) is 0. The zero-order chi connectivity index (χ0) is 14.4. The van der Waals surface area contributed by atoms with Crippen molar-refractivity contribution in [1.29, 1.82) is 0 Å². The number of hydrogen-bond acceptors (Lipinski definition) is 0. The molecule has 0 aliphatic heterocycles. The van der Waals surface area contributed by atoms with E-state index in [0.29, 0.717) is 11.1 Å². The molecule has 0 amide bonds. The molecule has 0 fully saturated rings. The van der Waals surface area contributed by atoms with E-state index in [4.69, 9.17) is 46.4 Å². The third kappa shape index (κ3) is 2.33. The molecule has 2 aromatic rings. The zero-order valence-corrected chi connectivity index (χ0v) is 13.6. The third-order valence-electron chi connectivity index (χ3n) is 3.73. The number of aryl methyl sites for hydroxylation is 2. The van der Waals surface area contributed by atoms with Gasteiger partial charge in [-0.05, 0) is 35.1 Å². The van der Waals surface area contributed by atoms with Gasteiger partial charge >= 0.3 is 0 Å². The quantitative estimate of drug-likeness (QED) is 0.533. The van der Waals surface area contributed by atoms with E-state index >= 15 is 0 Å². The second-order valence-electron chi connectivity index (χ2n) is 5.04. The van der Waals surface area contributed by atoms with Crippen molar-refractivity contribution in [3.05, 3.63) is 70.8 Å². The van der Waals surface area contributed by atoms with Gasteiger partial charge in [-0.15, -0.1) is 0 Å². The fourth-order valence-corrected chi connectivity index (χ4v) is 3.35. The third-order valence-corrected chi connectivity index (χ3v) is 6.12. The van der Waals surface area contributed by atoms with E-state index in [1.165, 1.54) is 11.1 Å². The largest absolute Gasteiger partial charge is 0.180 e. The summed E-state index contributed by atoms with van der Waals surface area (Å²) in [6.45, 7) is 0. The van der Waals surface area contributed by atoms with E-state index in [1.807, 2.05) is 48.5 Å². The van der Waals surface area contributed by atoms with Crippen molar-refractivity contribution in [2.24, 2.45) is 0 Å². The van der Waals surface area contributed by atoms with Crippen molar-refractivity contribution in [2.45, 2.75) is 21.5 Å². The lowest BCUT2D eigenvalue weighted by molar-refractivity contribution is 0.729. The average Bonchev–Trinajstić information content (AvgIpc) is 2.45. The van der Waals surface area contributed by atoms with Crippen LogP contribution in [0.1, 0.15) is 22.3 Å². The topological polar surface area (TPSA) is 0 Å². The number of halogens is 4. The summed E-state index contributed by atoms with van der Waals surface area (Å²) in [7, 11) is 0. The maximum atomic E-state index is 6.50. The van der Waals surface area contributed by atoms with Crippen LogP contribution in [-0.4, -0.2) is 0 Å². The maximum Gasteiger partial charge on any atom is 0.180 e. The molecule has 0 aromatic heterocycles. The molecule has 20 heavy (non-hydrogen) atoms. The van der Waals surface area contributed by atoms with E-state index in [2.05, 4.69) is 0 Å². The lowest BCUT2D eigenvalue weighted by atomic mass is 9.95. The van der Waals surface area contributed by atoms with Gasteiger partial charge in [0.25, 0.3) is 0 Å². The summed E-state index contributed by atoms with van der Waals surface area (Å²) >= 11 is 26.0. The smallest absolute Gasteiger partial charge is 0.0925 e. The van der Waals surface area contributed by atoms with Crippen LogP contribution < -0.4 is 0 Å². The lowest BCUT2D eigenvalue weighted by Crippen LogP contribution is -2.31. The molecular formula is C16H12Cl4. The molecule has 0 saturated heterocycles. The van der Waals surface area contributed by atoms with Crippen molar-refractivity contribution < 1.29 is 0 Å². The molecule has 4 bridgehead atoms. The standard InChI is InChI=1S/C16H12Cl4/c17-15(18)13-7-3-11(4-8-13)1-2-12-5-9-14(10-6-12)16(15,19)20/h3-10H,1-2H2. The second kappa shape index (κ2) is 5.10. The van der Waals surface area contributed by atoms with Crippen LogP contribution in [0, 0.1) is 0 Å². The van der Waals surface area contributed by atoms with Gasteiger partial charge in [-0.25, -0.2) is 0 Å². The molecule has 0 radical (unpaired) electrons. The van der Waals surface area contributed by atoms with Crippen LogP contribution >= 0.6 is 46.4 Å². The van der Waals surface area contributed by atoms with Crippen LogP contribution in [-0.2, 0) is 21.5 Å². The highest BCUT2D eigenvalue weighted by molar-refractivity contribution is 6.61. The Morgan fingerprint density at radius 1 is 0.550 bits per heavy atom. The minimum absolute atomic E-state index is 0.694. The monoisotopic (exact) mass is 344 g/mol. The molecule has 4 heteroatoms. The van der Waals surface area contributed by atoms with E-state index in [0.717, 1.165) is 12.8 Å². The van der Waals surface area contributed by atoms with Crippen molar-refractivity contribution in [3.8, 4) is 0 Å². The number of alkyl halides is 4. The Bertz CT molecular complexity index is 554. The molecule has 0 saturated carbocycles. The summed E-state index contributed by atoms with van der Waals surface area (Å²) in [5.41, 5.74) is 3.85. The first-order valence-electron chi connectivity index (χ1n) is 6.36. The van der Waals surface area contributed by atoms with Crippen molar-refractivity contribution in [1.82, 2.24) is 0 Å². The Morgan fingerprint density at radius 3 is 1.15 bits per heavy atom. The molecule has 0 atom stereocenters. The minimum atomic E-state index is -1.42. The Hall–Kier alpha value is -0.400. The normalized spacial score (nSPS) is 19.4. The van der Waals surface area contributed by atoms with Gasteiger partial charge < -0.3 is 0 Å². The number of rotatable bonds is 0. The number of hydrogen-bond donors (Lipinski definition) is 0.